The normalized spacial score (nSPS) is 10.2. The van der Waals surface area contributed by atoms with Gasteiger partial charge in [-0.3, -0.25) is 4.79 Å². The lowest BCUT2D eigenvalue weighted by Crippen LogP contribution is -2.28. The van der Waals surface area contributed by atoms with E-state index in [-0.39, 0.29) is 12.5 Å². The van der Waals surface area contributed by atoms with Crippen LogP contribution in [0.3, 0.4) is 0 Å². The summed E-state index contributed by atoms with van der Waals surface area (Å²) in [5.41, 5.74) is 2.06. The molecule has 0 aliphatic carbocycles. The Balaban J connectivity index is 1.91. The van der Waals surface area contributed by atoms with Crippen LogP contribution in [0.4, 0.5) is 0 Å². The van der Waals surface area contributed by atoms with Gasteiger partial charge in [0, 0.05) is 6.54 Å². The van der Waals surface area contributed by atoms with Crippen molar-refractivity contribution < 1.29 is 23.7 Å². The average Bonchev–Trinajstić information content (AvgIpc) is 2.69. The molecule has 2 aromatic rings. The minimum Gasteiger partial charge on any atom is -0.493 e. The summed E-state index contributed by atoms with van der Waals surface area (Å²) in [6.07, 6.45) is 0.968. The maximum absolute atomic E-state index is 12.0. The molecule has 6 nitrogen and oxygen atoms in total. The molecule has 0 atom stereocenters. The lowest BCUT2D eigenvalue weighted by atomic mass is 10.1. The zero-order valence-corrected chi connectivity index (χ0v) is 15.6. The second kappa shape index (κ2) is 9.56. The molecule has 0 fully saturated rings. The van der Waals surface area contributed by atoms with E-state index in [2.05, 4.69) is 12.2 Å². The minimum atomic E-state index is -0.210. The Morgan fingerprint density at radius 2 is 1.54 bits per heavy atom. The molecule has 0 heterocycles. The molecule has 140 valence electrons. The molecule has 0 aliphatic heterocycles. The van der Waals surface area contributed by atoms with Crippen molar-refractivity contribution >= 4 is 5.91 Å². The van der Waals surface area contributed by atoms with Crippen molar-refractivity contribution in [3.8, 4) is 23.0 Å². The summed E-state index contributed by atoms with van der Waals surface area (Å²) < 4.78 is 21.4. The molecule has 0 spiro atoms. The summed E-state index contributed by atoms with van der Waals surface area (Å²) in [7, 11) is 4.65. The first-order chi connectivity index (χ1) is 12.6. The van der Waals surface area contributed by atoms with Gasteiger partial charge in [0.25, 0.3) is 5.91 Å². The van der Waals surface area contributed by atoms with Crippen molar-refractivity contribution in [3.05, 3.63) is 47.5 Å². The molecule has 0 aromatic heterocycles. The van der Waals surface area contributed by atoms with Crippen molar-refractivity contribution in [1.82, 2.24) is 5.32 Å². The molecule has 1 N–H and O–H groups in total. The number of hydrogen-bond acceptors (Lipinski definition) is 5. The Kier molecular flexibility index (Phi) is 7.14. The SMILES string of the molecule is CCc1ccc(OCC(=O)NCc2cc(OC)c(OC)c(OC)c2)cc1. The number of rotatable bonds is 9. The van der Waals surface area contributed by atoms with Gasteiger partial charge in [-0.05, 0) is 41.8 Å². The number of benzene rings is 2. The fourth-order valence-corrected chi connectivity index (χ4v) is 2.46. The lowest BCUT2D eigenvalue weighted by molar-refractivity contribution is -0.123. The highest BCUT2D eigenvalue weighted by Crippen LogP contribution is 2.38. The number of carbonyl (C=O) groups is 1. The first-order valence-corrected chi connectivity index (χ1v) is 8.38. The molecule has 0 saturated carbocycles. The number of amides is 1. The summed E-state index contributed by atoms with van der Waals surface area (Å²) in [6, 6.07) is 11.3. The van der Waals surface area contributed by atoms with Gasteiger partial charge in [-0.1, -0.05) is 19.1 Å². The third-order valence-corrected chi connectivity index (χ3v) is 3.92. The zero-order chi connectivity index (χ0) is 18.9. The molecule has 6 heteroatoms. The van der Waals surface area contributed by atoms with Crippen molar-refractivity contribution in [2.75, 3.05) is 27.9 Å². The van der Waals surface area contributed by atoms with Crippen LogP contribution < -0.4 is 24.3 Å². The number of nitrogens with one attached hydrogen (secondary N) is 1. The van der Waals surface area contributed by atoms with Crippen LogP contribution in [0, 0.1) is 0 Å². The number of methoxy groups -OCH3 is 3. The molecular weight excluding hydrogens is 334 g/mol. The van der Waals surface area contributed by atoms with E-state index in [1.54, 1.807) is 33.5 Å². The fourth-order valence-electron chi connectivity index (χ4n) is 2.46. The van der Waals surface area contributed by atoms with Crippen LogP contribution >= 0.6 is 0 Å². The van der Waals surface area contributed by atoms with E-state index in [0.717, 1.165) is 12.0 Å². The van der Waals surface area contributed by atoms with Crippen molar-refractivity contribution in [2.45, 2.75) is 19.9 Å². The highest BCUT2D eigenvalue weighted by molar-refractivity contribution is 5.77. The molecular formula is C20H25NO5. The van der Waals surface area contributed by atoms with Crippen molar-refractivity contribution in [3.63, 3.8) is 0 Å². The van der Waals surface area contributed by atoms with Crippen molar-refractivity contribution in [1.29, 1.82) is 0 Å². The molecule has 0 aliphatic rings. The first kappa shape index (κ1) is 19.4. The zero-order valence-electron chi connectivity index (χ0n) is 15.6. The standard InChI is InChI=1S/C20H25NO5/c1-5-14-6-8-16(9-7-14)26-13-19(22)21-12-15-10-17(23-2)20(25-4)18(11-15)24-3/h6-11H,5,12-13H2,1-4H3,(H,21,22). The molecule has 0 saturated heterocycles. The van der Waals surface area contributed by atoms with Crippen LogP contribution in [0.25, 0.3) is 0 Å². The van der Waals surface area contributed by atoms with Gasteiger partial charge < -0.3 is 24.3 Å². The fraction of sp³-hybridized carbons (Fsp3) is 0.350. The topological polar surface area (TPSA) is 66.0 Å². The van der Waals surface area contributed by atoms with E-state index >= 15 is 0 Å². The quantitative estimate of drug-likeness (QED) is 0.746. The molecule has 1 amide bonds. The van der Waals surface area contributed by atoms with Gasteiger partial charge in [0.1, 0.15) is 5.75 Å². The Morgan fingerprint density at radius 1 is 0.923 bits per heavy atom. The van der Waals surface area contributed by atoms with Crippen LogP contribution in [-0.4, -0.2) is 33.8 Å². The van der Waals surface area contributed by atoms with E-state index < -0.39 is 0 Å². The third-order valence-electron chi connectivity index (χ3n) is 3.92. The van der Waals surface area contributed by atoms with E-state index in [1.165, 1.54) is 5.56 Å². The van der Waals surface area contributed by atoms with Crippen LogP contribution in [0.15, 0.2) is 36.4 Å². The molecule has 0 bridgehead atoms. The largest absolute Gasteiger partial charge is 0.493 e. The average molecular weight is 359 g/mol. The van der Waals surface area contributed by atoms with Gasteiger partial charge in [0.05, 0.1) is 21.3 Å². The molecule has 2 rings (SSSR count). The first-order valence-electron chi connectivity index (χ1n) is 8.38. The smallest absolute Gasteiger partial charge is 0.258 e. The molecule has 2 aromatic carbocycles. The summed E-state index contributed by atoms with van der Waals surface area (Å²) in [5, 5.41) is 2.82. The predicted octanol–water partition coefficient (Wildman–Crippen LogP) is 2.97. The molecule has 0 radical (unpaired) electrons. The monoisotopic (exact) mass is 359 g/mol. The second-order valence-corrected chi connectivity index (χ2v) is 5.60. The van der Waals surface area contributed by atoms with Gasteiger partial charge in [0.2, 0.25) is 5.75 Å². The maximum atomic E-state index is 12.0. The van der Waals surface area contributed by atoms with Crippen LogP contribution in [-0.2, 0) is 17.8 Å². The summed E-state index contributed by atoms with van der Waals surface area (Å²) in [6.45, 7) is 2.37. The number of ether oxygens (including phenoxy) is 4. The van der Waals surface area contributed by atoms with Gasteiger partial charge in [-0.25, -0.2) is 0 Å². The number of hydrogen-bond donors (Lipinski definition) is 1. The van der Waals surface area contributed by atoms with Gasteiger partial charge >= 0.3 is 0 Å². The minimum absolute atomic E-state index is 0.0457. The number of aryl methyl sites for hydroxylation is 1. The Bertz CT molecular complexity index is 702. The third kappa shape index (κ3) is 5.05. The van der Waals surface area contributed by atoms with Crippen LogP contribution in [0.1, 0.15) is 18.1 Å². The maximum Gasteiger partial charge on any atom is 0.258 e. The van der Waals surface area contributed by atoms with E-state index in [0.29, 0.717) is 29.5 Å². The summed E-state index contributed by atoms with van der Waals surface area (Å²) in [5.74, 6) is 2.07. The van der Waals surface area contributed by atoms with Gasteiger partial charge in [-0.2, -0.15) is 0 Å². The number of carbonyl (C=O) groups excluding carboxylic acids is 1. The molecule has 0 unspecified atom stereocenters. The lowest BCUT2D eigenvalue weighted by Gasteiger charge is -2.14. The van der Waals surface area contributed by atoms with E-state index in [1.807, 2.05) is 24.3 Å². The highest BCUT2D eigenvalue weighted by atomic mass is 16.5. The Hall–Kier alpha value is -2.89. The Morgan fingerprint density at radius 3 is 2.04 bits per heavy atom. The van der Waals surface area contributed by atoms with Gasteiger partial charge in [-0.15, -0.1) is 0 Å². The summed E-state index contributed by atoms with van der Waals surface area (Å²) in [4.78, 5) is 12.0. The van der Waals surface area contributed by atoms with E-state index in [9.17, 15) is 4.79 Å². The molecule has 26 heavy (non-hydrogen) atoms. The van der Waals surface area contributed by atoms with Crippen LogP contribution in [0.5, 0.6) is 23.0 Å². The highest BCUT2D eigenvalue weighted by Gasteiger charge is 2.13. The Labute approximate surface area is 154 Å². The van der Waals surface area contributed by atoms with Crippen molar-refractivity contribution in [2.24, 2.45) is 0 Å². The van der Waals surface area contributed by atoms with E-state index in [4.69, 9.17) is 18.9 Å². The van der Waals surface area contributed by atoms with Crippen LogP contribution in [0.2, 0.25) is 0 Å². The second-order valence-electron chi connectivity index (χ2n) is 5.60. The van der Waals surface area contributed by atoms with Gasteiger partial charge in [0.15, 0.2) is 18.1 Å². The summed E-state index contributed by atoms with van der Waals surface area (Å²) >= 11 is 0. The predicted molar refractivity (Wildman–Crippen MR) is 99.3 cm³/mol.